The molecule has 2 rings (SSSR count). The molecule has 21 heavy (non-hydrogen) atoms. The molecule has 116 valence electrons. The van der Waals surface area contributed by atoms with Gasteiger partial charge in [0.2, 0.25) is 0 Å². The number of carbonyl (C=O) groups is 1. The molecule has 0 bridgehead atoms. The van der Waals surface area contributed by atoms with Gasteiger partial charge in [0.25, 0.3) is 0 Å². The number of urea groups is 1. The molecule has 0 unspecified atom stereocenters. The fraction of sp³-hybridized carbons (Fsp3) is 0.562. The van der Waals surface area contributed by atoms with E-state index in [1.165, 1.54) is 5.56 Å². The van der Waals surface area contributed by atoms with Gasteiger partial charge < -0.3 is 20.1 Å². The van der Waals surface area contributed by atoms with E-state index in [0.29, 0.717) is 13.2 Å². The van der Waals surface area contributed by atoms with Crippen molar-refractivity contribution in [2.24, 2.45) is 0 Å². The maximum absolute atomic E-state index is 11.9. The number of aryl methyl sites for hydroxylation is 1. The lowest BCUT2D eigenvalue weighted by Crippen LogP contribution is -2.48. The lowest BCUT2D eigenvalue weighted by atomic mass is 10.2. The third kappa shape index (κ3) is 4.93. The van der Waals surface area contributed by atoms with E-state index in [1.807, 2.05) is 45.0 Å². The SMILES string of the molecule is Cc1ccc(OC[C@H](C)NC(=O)N[C@@H]2CCO[C@H]2C)cc1. The summed E-state index contributed by atoms with van der Waals surface area (Å²) in [7, 11) is 0. The Balaban J connectivity index is 1.69. The molecule has 1 heterocycles. The number of ether oxygens (including phenoxy) is 2. The third-order valence-electron chi connectivity index (χ3n) is 3.59. The molecule has 5 nitrogen and oxygen atoms in total. The second kappa shape index (κ2) is 7.31. The Morgan fingerprint density at radius 3 is 2.76 bits per heavy atom. The van der Waals surface area contributed by atoms with E-state index in [-0.39, 0.29) is 24.2 Å². The van der Waals surface area contributed by atoms with E-state index >= 15 is 0 Å². The zero-order valence-corrected chi connectivity index (χ0v) is 12.9. The molecule has 1 saturated heterocycles. The predicted molar refractivity (Wildman–Crippen MR) is 81.6 cm³/mol. The van der Waals surface area contributed by atoms with Gasteiger partial charge in [0.05, 0.1) is 18.2 Å². The van der Waals surface area contributed by atoms with Gasteiger partial charge in [-0.2, -0.15) is 0 Å². The first kappa shape index (κ1) is 15.6. The van der Waals surface area contributed by atoms with Gasteiger partial charge in [-0.15, -0.1) is 0 Å². The Hall–Kier alpha value is -1.75. The second-order valence-electron chi connectivity index (χ2n) is 5.61. The van der Waals surface area contributed by atoms with Gasteiger partial charge in [-0.05, 0) is 39.3 Å². The summed E-state index contributed by atoms with van der Waals surface area (Å²) in [5, 5.41) is 5.81. The van der Waals surface area contributed by atoms with E-state index in [2.05, 4.69) is 10.6 Å². The number of hydrogen-bond acceptors (Lipinski definition) is 3. The minimum atomic E-state index is -0.169. The van der Waals surface area contributed by atoms with E-state index in [4.69, 9.17) is 9.47 Å². The van der Waals surface area contributed by atoms with Gasteiger partial charge in [0.15, 0.2) is 0 Å². The van der Waals surface area contributed by atoms with Crippen LogP contribution in [0, 0.1) is 6.92 Å². The number of rotatable bonds is 5. The molecular weight excluding hydrogens is 268 g/mol. The van der Waals surface area contributed by atoms with Crippen molar-refractivity contribution in [1.82, 2.24) is 10.6 Å². The molecule has 2 amide bonds. The van der Waals surface area contributed by atoms with Crippen molar-refractivity contribution in [3.8, 4) is 5.75 Å². The zero-order valence-electron chi connectivity index (χ0n) is 12.9. The zero-order chi connectivity index (χ0) is 15.2. The van der Waals surface area contributed by atoms with Gasteiger partial charge >= 0.3 is 6.03 Å². The van der Waals surface area contributed by atoms with E-state index in [1.54, 1.807) is 0 Å². The fourth-order valence-electron chi connectivity index (χ4n) is 2.25. The molecule has 1 aromatic rings. The van der Waals surface area contributed by atoms with Crippen LogP contribution in [0.1, 0.15) is 25.8 Å². The van der Waals surface area contributed by atoms with Crippen LogP contribution in [0.4, 0.5) is 4.79 Å². The van der Waals surface area contributed by atoms with Crippen LogP contribution in [0.3, 0.4) is 0 Å². The topological polar surface area (TPSA) is 59.6 Å². The van der Waals surface area contributed by atoms with Crippen molar-refractivity contribution in [3.05, 3.63) is 29.8 Å². The summed E-state index contributed by atoms with van der Waals surface area (Å²) in [6, 6.07) is 7.72. The molecule has 5 heteroatoms. The minimum absolute atomic E-state index is 0.0658. The quantitative estimate of drug-likeness (QED) is 0.875. The molecule has 3 atom stereocenters. The van der Waals surface area contributed by atoms with Crippen LogP contribution in [0.25, 0.3) is 0 Å². The molecule has 0 aromatic heterocycles. The van der Waals surface area contributed by atoms with Crippen LogP contribution in [0.15, 0.2) is 24.3 Å². The lowest BCUT2D eigenvalue weighted by Gasteiger charge is -2.19. The van der Waals surface area contributed by atoms with Crippen LogP contribution >= 0.6 is 0 Å². The van der Waals surface area contributed by atoms with Crippen LogP contribution in [0.2, 0.25) is 0 Å². The maximum Gasteiger partial charge on any atom is 0.315 e. The Morgan fingerprint density at radius 1 is 1.43 bits per heavy atom. The summed E-state index contributed by atoms with van der Waals surface area (Å²) < 4.78 is 11.1. The van der Waals surface area contributed by atoms with E-state index in [9.17, 15) is 4.79 Å². The Morgan fingerprint density at radius 2 is 2.14 bits per heavy atom. The first-order valence-corrected chi connectivity index (χ1v) is 7.42. The van der Waals surface area contributed by atoms with Crippen LogP contribution in [0.5, 0.6) is 5.75 Å². The Labute approximate surface area is 126 Å². The smallest absolute Gasteiger partial charge is 0.315 e. The summed E-state index contributed by atoms with van der Waals surface area (Å²) in [5.74, 6) is 0.812. The van der Waals surface area contributed by atoms with Crippen LogP contribution < -0.4 is 15.4 Å². The summed E-state index contributed by atoms with van der Waals surface area (Å²) in [4.78, 5) is 11.9. The number of hydrogen-bond donors (Lipinski definition) is 2. The molecule has 1 fully saturated rings. The van der Waals surface area contributed by atoms with Crippen LogP contribution in [-0.2, 0) is 4.74 Å². The van der Waals surface area contributed by atoms with E-state index < -0.39 is 0 Å². The van der Waals surface area contributed by atoms with Gasteiger partial charge in [-0.1, -0.05) is 17.7 Å². The van der Waals surface area contributed by atoms with Crippen molar-refractivity contribution in [2.45, 2.75) is 45.4 Å². The van der Waals surface area contributed by atoms with Gasteiger partial charge in [0.1, 0.15) is 12.4 Å². The first-order valence-electron chi connectivity index (χ1n) is 7.42. The van der Waals surface area contributed by atoms with Crippen molar-refractivity contribution >= 4 is 6.03 Å². The highest BCUT2D eigenvalue weighted by molar-refractivity contribution is 5.74. The number of benzene rings is 1. The number of carbonyl (C=O) groups excluding carboxylic acids is 1. The van der Waals surface area contributed by atoms with Crippen LogP contribution in [-0.4, -0.2) is 37.4 Å². The highest BCUT2D eigenvalue weighted by Gasteiger charge is 2.25. The number of nitrogens with one attached hydrogen (secondary N) is 2. The normalized spacial score (nSPS) is 22.6. The molecule has 0 spiro atoms. The number of amides is 2. The standard InChI is InChI=1S/C16H24N2O3/c1-11-4-6-14(7-5-11)21-10-12(2)17-16(19)18-15-8-9-20-13(15)3/h4-7,12-13,15H,8-10H2,1-3H3,(H2,17,18,19)/t12-,13-,15+/m0/s1. The van der Waals surface area contributed by atoms with Gasteiger partial charge in [0, 0.05) is 6.61 Å². The summed E-state index contributed by atoms with van der Waals surface area (Å²) >= 11 is 0. The average Bonchev–Trinajstić information content (AvgIpc) is 2.83. The molecular formula is C16H24N2O3. The molecule has 0 aliphatic carbocycles. The largest absolute Gasteiger partial charge is 0.491 e. The minimum Gasteiger partial charge on any atom is -0.491 e. The van der Waals surface area contributed by atoms with Crippen molar-refractivity contribution < 1.29 is 14.3 Å². The maximum atomic E-state index is 11.9. The molecule has 0 radical (unpaired) electrons. The molecule has 2 N–H and O–H groups in total. The molecule has 1 aromatic carbocycles. The van der Waals surface area contributed by atoms with Gasteiger partial charge in [-0.25, -0.2) is 4.79 Å². The second-order valence-corrected chi connectivity index (χ2v) is 5.61. The van der Waals surface area contributed by atoms with Crippen molar-refractivity contribution in [1.29, 1.82) is 0 Å². The molecule has 1 aliphatic heterocycles. The van der Waals surface area contributed by atoms with Crippen molar-refractivity contribution in [2.75, 3.05) is 13.2 Å². The third-order valence-corrected chi connectivity index (χ3v) is 3.59. The van der Waals surface area contributed by atoms with Gasteiger partial charge in [-0.3, -0.25) is 0 Å². The molecule has 1 aliphatic rings. The Bertz CT molecular complexity index is 461. The molecule has 0 saturated carbocycles. The lowest BCUT2D eigenvalue weighted by molar-refractivity contribution is 0.114. The van der Waals surface area contributed by atoms with Crippen molar-refractivity contribution in [3.63, 3.8) is 0 Å². The summed E-state index contributed by atoms with van der Waals surface area (Å²) in [6.07, 6.45) is 0.943. The average molecular weight is 292 g/mol. The fourth-order valence-corrected chi connectivity index (χ4v) is 2.25. The highest BCUT2D eigenvalue weighted by atomic mass is 16.5. The first-order chi connectivity index (χ1) is 10.0. The monoisotopic (exact) mass is 292 g/mol. The summed E-state index contributed by atoms with van der Waals surface area (Å²) in [6.45, 7) is 7.07. The highest BCUT2D eigenvalue weighted by Crippen LogP contribution is 2.13. The Kier molecular flexibility index (Phi) is 5.44. The predicted octanol–water partition coefficient (Wildman–Crippen LogP) is 2.24. The van der Waals surface area contributed by atoms with E-state index in [0.717, 1.165) is 12.2 Å². The summed E-state index contributed by atoms with van der Waals surface area (Å²) in [5.41, 5.74) is 1.20.